The van der Waals surface area contributed by atoms with Crippen LogP contribution in [0.15, 0.2) is 66.9 Å². The number of hydrogen-bond acceptors (Lipinski definition) is 4. The Labute approximate surface area is 174 Å². The monoisotopic (exact) mass is 402 g/mol. The van der Waals surface area contributed by atoms with E-state index in [0.29, 0.717) is 11.3 Å². The largest absolute Gasteiger partial charge is 0.339 e. The Bertz CT molecular complexity index is 1080. The summed E-state index contributed by atoms with van der Waals surface area (Å²) >= 11 is 0. The van der Waals surface area contributed by atoms with Gasteiger partial charge in [0.15, 0.2) is 0 Å². The second kappa shape index (κ2) is 8.73. The van der Waals surface area contributed by atoms with E-state index < -0.39 is 4.92 Å². The van der Waals surface area contributed by atoms with E-state index in [9.17, 15) is 14.9 Å². The number of benzene rings is 2. The van der Waals surface area contributed by atoms with Crippen LogP contribution >= 0.6 is 0 Å². The predicted octanol–water partition coefficient (Wildman–Crippen LogP) is 4.47. The Balaban J connectivity index is 1.71. The van der Waals surface area contributed by atoms with Gasteiger partial charge in [-0.25, -0.2) is 4.68 Å². The Morgan fingerprint density at radius 2 is 1.80 bits per heavy atom. The fourth-order valence-corrected chi connectivity index (χ4v) is 3.59. The lowest BCUT2D eigenvalue weighted by Gasteiger charge is -2.25. The topological polar surface area (TPSA) is 81.3 Å². The lowest BCUT2D eigenvalue weighted by Crippen LogP contribution is -2.34. The maximum absolute atomic E-state index is 12.6. The normalized spacial score (nSPS) is 14.2. The molecule has 0 N–H and O–H groups in total. The molecule has 0 radical (unpaired) electrons. The third-order valence-corrected chi connectivity index (χ3v) is 5.17. The number of nitro benzene ring substituents is 1. The van der Waals surface area contributed by atoms with Crippen molar-refractivity contribution in [2.24, 2.45) is 0 Å². The average Bonchev–Trinajstić information content (AvgIpc) is 3.23. The van der Waals surface area contributed by atoms with Crippen LogP contribution in [0.25, 0.3) is 23.0 Å². The molecule has 7 nitrogen and oxygen atoms in total. The van der Waals surface area contributed by atoms with Crippen molar-refractivity contribution < 1.29 is 9.72 Å². The second-order valence-corrected chi connectivity index (χ2v) is 7.24. The number of aromatic nitrogens is 2. The number of amides is 1. The molecule has 1 saturated heterocycles. The summed E-state index contributed by atoms with van der Waals surface area (Å²) in [5, 5.41) is 15.9. The molecule has 0 unspecified atom stereocenters. The van der Waals surface area contributed by atoms with Gasteiger partial charge in [0.25, 0.3) is 5.69 Å². The quantitative estimate of drug-likeness (QED) is 0.358. The van der Waals surface area contributed by atoms with Crippen LogP contribution in [0, 0.1) is 10.1 Å². The highest BCUT2D eigenvalue weighted by Gasteiger charge is 2.16. The van der Waals surface area contributed by atoms with Crippen LogP contribution in [-0.4, -0.2) is 38.6 Å². The minimum absolute atomic E-state index is 0.00100. The van der Waals surface area contributed by atoms with Crippen LogP contribution in [0.3, 0.4) is 0 Å². The Morgan fingerprint density at radius 1 is 1.03 bits per heavy atom. The standard InChI is InChI=1S/C23H22N4O3/c28-22(25-14-5-2-6-15-25)13-12-19-17-26(20-9-3-1-4-10-20)24-23(19)18-8-7-11-21(16-18)27(29)30/h1,3-4,7-13,16-17H,2,5-6,14-15H2. The molecule has 0 spiro atoms. The molecule has 30 heavy (non-hydrogen) atoms. The van der Waals surface area contributed by atoms with E-state index in [0.717, 1.165) is 43.6 Å². The summed E-state index contributed by atoms with van der Waals surface area (Å²) in [6.45, 7) is 1.56. The van der Waals surface area contributed by atoms with Crippen LogP contribution in [0.5, 0.6) is 0 Å². The van der Waals surface area contributed by atoms with Crippen molar-refractivity contribution in [1.82, 2.24) is 14.7 Å². The van der Waals surface area contributed by atoms with Gasteiger partial charge in [-0.2, -0.15) is 5.10 Å². The van der Waals surface area contributed by atoms with Gasteiger partial charge in [-0.15, -0.1) is 0 Å². The molecule has 4 rings (SSSR count). The van der Waals surface area contributed by atoms with Gasteiger partial charge >= 0.3 is 0 Å². The molecule has 1 aliphatic heterocycles. The Kier molecular flexibility index (Phi) is 5.70. The van der Waals surface area contributed by atoms with Gasteiger partial charge in [-0.1, -0.05) is 30.3 Å². The third kappa shape index (κ3) is 4.30. The summed E-state index contributed by atoms with van der Waals surface area (Å²) in [5.74, 6) is -0.0212. The molecule has 152 valence electrons. The van der Waals surface area contributed by atoms with Gasteiger partial charge in [0, 0.05) is 48.6 Å². The fraction of sp³-hybridized carbons (Fsp3) is 0.217. The number of para-hydroxylation sites is 1. The van der Waals surface area contributed by atoms with Crippen molar-refractivity contribution in [2.45, 2.75) is 19.3 Å². The highest BCUT2D eigenvalue weighted by Crippen LogP contribution is 2.28. The van der Waals surface area contributed by atoms with Gasteiger partial charge in [-0.3, -0.25) is 14.9 Å². The van der Waals surface area contributed by atoms with Crippen LogP contribution in [0.4, 0.5) is 5.69 Å². The van der Waals surface area contributed by atoms with E-state index in [2.05, 4.69) is 5.10 Å². The second-order valence-electron chi connectivity index (χ2n) is 7.24. The summed E-state index contributed by atoms with van der Waals surface area (Å²) in [6, 6.07) is 16.0. The molecule has 2 heterocycles. The molecule has 0 bridgehead atoms. The molecule has 1 aromatic heterocycles. The van der Waals surface area contributed by atoms with Crippen molar-refractivity contribution in [3.05, 3.63) is 82.5 Å². The number of carbonyl (C=O) groups is 1. The Hall–Kier alpha value is -3.74. The first-order chi connectivity index (χ1) is 14.6. The molecule has 0 saturated carbocycles. The molecule has 3 aromatic rings. The van der Waals surface area contributed by atoms with Crippen LogP contribution in [-0.2, 0) is 4.79 Å². The lowest BCUT2D eigenvalue weighted by atomic mass is 10.1. The molecule has 2 aromatic carbocycles. The van der Waals surface area contributed by atoms with E-state index >= 15 is 0 Å². The van der Waals surface area contributed by atoms with Gasteiger partial charge in [0.05, 0.1) is 10.6 Å². The summed E-state index contributed by atoms with van der Waals surface area (Å²) in [5.41, 5.74) is 2.81. The first kappa shape index (κ1) is 19.6. The fourth-order valence-electron chi connectivity index (χ4n) is 3.59. The van der Waals surface area contributed by atoms with Gasteiger partial charge in [0.2, 0.25) is 5.91 Å². The van der Waals surface area contributed by atoms with Gasteiger partial charge < -0.3 is 4.90 Å². The minimum Gasteiger partial charge on any atom is -0.339 e. The van der Waals surface area contributed by atoms with Gasteiger partial charge in [-0.05, 0) is 37.5 Å². The first-order valence-electron chi connectivity index (χ1n) is 9.99. The molecule has 1 aliphatic rings. The number of carbonyl (C=O) groups excluding carboxylic acids is 1. The first-order valence-corrected chi connectivity index (χ1v) is 9.99. The summed E-state index contributed by atoms with van der Waals surface area (Å²) in [4.78, 5) is 25.2. The van der Waals surface area contributed by atoms with E-state index in [1.807, 2.05) is 41.4 Å². The maximum atomic E-state index is 12.6. The SMILES string of the molecule is O=C(C=Cc1cn(-c2ccccc2)nc1-c1cccc([N+](=O)[O-])c1)N1CCCCC1. The van der Waals surface area contributed by atoms with Gasteiger partial charge in [0.1, 0.15) is 5.69 Å². The molecule has 1 amide bonds. The summed E-state index contributed by atoms with van der Waals surface area (Å²) in [6.07, 6.45) is 8.38. The zero-order valence-corrected chi connectivity index (χ0v) is 16.5. The number of likely N-dealkylation sites (tertiary alicyclic amines) is 1. The number of nitro groups is 1. The van der Waals surface area contributed by atoms with E-state index in [1.165, 1.54) is 12.1 Å². The minimum atomic E-state index is -0.424. The Morgan fingerprint density at radius 3 is 2.53 bits per heavy atom. The van der Waals surface area contributed by atoms with Crippen molar-refractivity contribution in [2.75, 3.05) is 13.1 Å². The maximum Gasteiger partial charge on any atom is 0.270 e. The van der Waals surface area contributed by atoms with Crippen LogP contribution in [0.1, 0.15) is 24.8 Å². The number of hydrogen-bond donors (Lipinski definition) is 0. The predicted molar refractivity (Wildman–Crippen MR) is 115 cm³/mol. The highest BCUT2D eigenvalue weighted by atomic mass is 16.6. The van der Waals surface area contributed by atoms with Crippen molar-refractivity contribution >= 4 is 17.7 Å². The van der Waals surface area contributed by atoms with E-state index in [1.54, 1.807) is 29.0 Å². The van der Waals surface area contributed by atoms with E-state index in [-0.39, 0.29) is 11.6 Å². The molecule has 7 heteroatoms. The van der Waals surface area contributed by atoms with Crippen molar-refractivity contribution in [3.8, 4) is 16.9 Å². The van der Waals surface area contributed by atoms with Crippen molar-refractivity contribution in [1.29, 1.82) is 0 Å². The molecular weight excluding hydrogens is 380 g/mol. The molecule has 0 atom stereocenters. The van der Waals surface area contributed by atoms with E-state index in [4.69, 9.17) is 0 Å². The number of piperidine rings is 1. The van der Waals surface area contributed by atoms with Crippen molar-refractivity contribution in [3.63, 3.8) is 0 Å². The number of nitrogens with zero attached hydrogens (tertiary/aromatic N) is 4. The number of rotatable bonds is 5. The smallest absolute Gasteiger partial charge is 0.270 e. The lowest BCUT2D eigenvalue weighted by molar-refractivity contribution is -0.384. The summed E-state index contributed by atoms with van der Waals surface area (Å²) in [7, 11) is 0. The third-order valence-electron chi connectivity index (χ3n) is 5.17. The average molecular weight is 402 g/mol. The summed E-state index contributed by atoms with van der Waals surface area (Å²) < 4.78 is 1.72. The molecular formula is C23H22N4O3. The van der Waals surface area contributed by atoms with Crippen LogP contribution < -0.4 is 0 Å². The zero-order chi connectivity index (χ0) is 20.9. The van der Waals surface area contributed by atoms with Crippen LogP contribution in [0.2, 0.25) is 0 Å². The zero-order valence-electron chi connectivity index (χ0n) is 16.5. The molecule has 1 fully saturated rings. The number of non-ortho nitro benzene ring substituents is 1. The highest BCUT2D eigenvalue weighted by molar-refractivity contribution is 5.93. The molecule has 0 aliphatic carbocycles.